The summed E-state index contributed by atoms with van der Waals surface area (Å²) >= 11 is 6.23. The molecule has 0 aliphatic heterocycles. The Kier molecular flexibility index (Phi) is 10.5. The number of rotatable bonds is 12. The van der Waals surface area contributed by atoms with Crippen molar-refractivity contribution < 1.29 is 18.0 Å². The van der Waals surface area contributed by atoms with Crippen LogP contribution in [0.4, 0.5) is 5.69 Å². The van der Waals surface area contributed by atoms with Crippen molar-refractivity contribution >= 4 is 39.1 Å². The summed E-state index contributed by atoms with van der Waals surface area (Å²) in [6.07, 6.45) is 2.08. The van der Waals surface area contributed by atoms with Gasteiger partial charge >= 0.3 is 0 Å². The zero-order chi connectivity index (χ0) is 28.6. The van der Waals surface area contributed by atoms with Gasteiger partial charge in [-0.2, -0.15) is 0 Å². The molecular weight excluding hydrogens is 534 g/mol. The first-order valence-corrected chi connectivity index (χ1v) is 15.1. The van der Waals surface area contributed by atoms with E-state index in [0.29, 0.717) is 17.3 Å². The summed E-state index contributed by atoms with van der Waals surface area (Å²) in [4.78, 5) is 29.0. The molecular formula is C30H36ClN3O4S. The van der Waals surface area contributed by atoms with E-state index in [-0.39, 0.29) is 18.9 Å². The van der Waals surface area contributed by atoms with Crippen LogP contribution in [0.25, 0.3) is 0 Å². The molecule has 0 radical (unpaired) electrons. The third-order valence-electron chi connectivity index (χ3n) is 6.52. The standard InChI is InChI=1S/C30H36ClN3O4S/c1-5-16-32-30(36)28(19-24-10-7-6-8-11-24)33(20-25-12-9-13-26(31)18-25)29(35)21-34(39(4,37)38)27-15-14-22(2)23(3)17-27/h6-15,17-18,28H,5,16,19-21H2,1-4H3,(H,32,36)/t28-/m0/s1. The molecule has 3 aromatic rings. The Morgan fingerprint density at radius 1 is 0.923 bits per heavy atom. The van der Waals surface area contributed by atoms with Crippen molar-refractivity contribution in [3.8, 4) is 0 Å². The molecule has 39 heavy (non-hydrogen) atoms. The van der Waals surface area contributed by atoms with Crippen LogP contribution >= 0.6 is 11.6 Å². The Bertz CT molecular complexity index is 1400. The predicted molar refractivity (Wildman–Crippen MR) is 157 cm³/mol. The number of anilines is 1. The van der Waals surface area contributed by atoms with Crippen molar-refractivity contribution in [3.05, 3.63) is 100 Å². The molecule has 0 fully saturated rings. The molecule has 0 aromatic heterocycles. The number of aryl methyl sites for hydroxylation is 2. The van der Waals surface area contributed by atoms with Crippen LogP contribution in [0.5, 0.6) is 0 Å². The molecule has 7 nitrogen and oxygen atoms in total. The minimum Gasteiger partial charge on any atom is -0.354 e. The number of nitrogens with zero attached hydrogens (tertiary/aromatic N) is 2. The highest BCUT2D eigenvalue weighted by Gasteiger charge is 2.33. The van der Waals surface area contributed by atoms with Crippen molar-refractivity contribution in [1.82, 2.24) is 10.2 Å². The van der Waals surface area contributed by atoms with Crippen LogP contribution in [-0.2, 0) is 32.6 Å². The van der Waals surface area contributed by atoms with Gasteiger partial charge in [0.2, 0.25) is 21.8 Å². The van der Waals surface area contributed by atoms with Gasteiger partial charge in [-0.3, -0.25) is 13.9 Å². The number of nitrogens with one attached hydrogen (secondary N) is 1. The third-order valence-corrected chi connectivity index (χ3v) is 7.90. The van der Waals surface area contributed by atoms with Crippen molar-refractivity contribution in [1.29, 1.82) is 0 Å². The van der Waals surface area contributed by atoms with Crippen LogP contribution in [-0.4, -0.2) is 50.5 Å². The quantitative estimate of drug-likeness (QED) is 0.336. The number of benzene rings is 3. The normalized spacial score (nSPS) is 12.0. The number of amides is 2. The molecule has 2 amide bonds. The topological polar surface area (TPSA) is 86.8 Å². The van der Waals surface area contributed by atoms with Crippen molar-refractivity contribution in [2.45, 2.75) is 46.2 Å². The molecule has 3 rings (SSSR count). The zero-order valence-corrected chi connectivity index (χ0v) is 24.4. The van der Waals surface area contributed by atoms with Gasteiger partial charge in [0.15, 0.2) is 0 Å². The lowest BCUT2D eigenvalue weighted by molar-refractivity contribution is -0.140. The average molecular weight is 570 g/mol. The van der Waals surface area contributed by atoms with Gasteiger partial charge in [0.25, 0.3) is 0 Å². The molecule has 9 heteroatoms. The summed E-state index contributed by atoms with van der Waals surface area (Å²) in [5.74, 6) is -0.792. The molecule has 1 N–H and O–H groups in total. The third kappa shape index (κ3) is 8.57. The van der Waals surface area contributed by atoms with Crippen molar-refractivity contribution in [2.24, 2.45) is 0 Å². The molecule has 0 aliphatic rings. The molecule has 1 atom stereocenters. The van der Waals surface area contributed by atoms with Crippen molar-refractivity contribution in [2.75, 3.05) is 23.7 Å². The maximum Gasteiger partial charge on any atom is 0.244 e. The van der Waals surface area contributed by atoms with Gasteiger partial charge < -0.3 is 10.2 Å². The second-order valence-corrected chi connectivity index (χ2v) is 12.0. The van der Waals surface area contributed by atoms with Crippen LogP contribution in [0.15, 0.2) is 72.8 Å². The average Bonchev–Trinajstić information content (AvgIpc) is 2.89. The maximum absolute atomic E-state index is 14.0. The highest BCUT2D eigenvalue weighted by atomic mass is 35.5. The second-order valence-electron chi connectivity index (χ2n) is 9.69. The van der Waals surface area contributed by atoms with Gasteiger partial charge in [-0.05, 0) is 66.8 Å². The SMILES string of the molecule is CCCNC(=O)[C@H](Cc1ccccc1)N(Cc1cccc(Cl)c1)C(=O)CN(c1ccc(C)c(C)c1)S(C)(=O)=O. The first-order valence-electron chi connectivity index (χ1n) is 12.9. The van der Waals surface area contributed by atoms with E-state index in [1.807, 2.05) is 63.2 Å². The van der Waals surface area contributed by atoms with Gasteiger partial charge in [0.05, 0.1) is 11.9 Å². The van der Waals surface area contributed by atoms with E-state index in [1.165, 1.54) is 4.90 Å². The Labute approximate surface area is 236 Å². The van der Waals surface area contributed by atoms with E-state index in [4.69, 9.17) is 11.6 Å². The minimum atomic E-state index is -3.81. The number of hydrogen-bond acceptors (Lipinski definition) is 4. The van der Waals surface area contributed by atoms with Gasteiger partial charge in [0.1, 0.15) is 12.6 Å². The molecule has 0 aliphatic carbocycles. The van der Waals surface area contributed by atoms with E-state index in [9.17, 15) is 18.0 Å². The van der Waals surface area contributed by atoms with E-state index in [1.54, 1.807) is 30.3 Å². The van der Waals surface area contributed by atoms with Gasteiger partial charge in [-0.25, -0.2) is 8.42 Å². The van der Waals surface area contributed by atoms with Crippen LogP contribution < -0.4 is 9.62 Å². The fraction of sp³-hybridized carbons (Fsp3) is 0.333. The number of carbonyl (C=O) groups excluding carboxylic acids is 2. The second kappa shape index (κ2) is 13.6. The van der Waals surface area contributed by atoms with Crippen LogP contribution in [0.1, 0.15) is 35.6 Å². The van der Waals surface area contributed by atoms with Crippen molar-refractivity contribution in [3.63, 3.8) is 0 Å². The van der Waals surface area contributed by atoms with Crippen LogP contribution in [0.2, 0.25) is 5.02 Å². The molecule has 0 unspecified atom stereocenters. The number of hydrogen-bond donors (Lipinski definition) is 1. The first kappa shape index (κ1) is 30.2. The fourth-order valence-electron chi connectivity index (χ4n) is 4.25. The van der Waals surface area contributed by atoms with E-state index < -0.39 is 28.5 Å². The Morgan fingerprint density at radius 2 is 1.62 bits per heavy atom. The molecule has 0 bridgehead atoms. The summed E-state index contributed by atoms with van der Waals surface area (Å²) in [6, 6.07) is 20.9. The van der Waals surface area contributed by atoms with E-state index in [0.717, 1.165) is 39.2 Å². The lowest BCUT2D eigenvalue weighted by Gasteiger charge is -2.33. The summed E-state index contributed by atoms with van der Waals surface area (Å²) in [6.45, 7) is 5.87. The van der Waals surface area contributed by atoms with E-state index in [2.05, 4.69) is 5.32 Å². The highest BCUT2D eigenvalue weighted by molar-refractivity contribution is 7.92. The summed E-state index contributed by atoms with van der Waals surface area (Å²) < 4.78 is 26.9. The Hall–Kier alpha value is -3.36. The number of halogens is 1. The largest absolute Gasteiger partial charge is 0.354 e. The molecule has 0 heterocycles. The van der Waals surface area contributed by atoms with E-state index >= 15 is 0 Å². The first-order chi connectivity index (χ1) is 18.5. The number of sulfonamides is 1. The maximum atomic E-state index is 14.0. The molecule has 208 valence electrons. The van der Waals surface area contributed by atoms with Crippen LogP contribution in [0.3, 0.4) is 0 Å². The molecule has 0 saturated carbocycles. The van der Waals surface area contributed by atoms with Gasteiger partial charge in [0, 0.05) is 24.5 Å². The molecule has 0 saturated heterocycles. The minimum absolute atomic E-state index is 0.0843. The Morgan fingerprint density at radius 3 is 2.23 bits per heavy atom. The monoisotopic (exact) mass is 569 g/mol. The lowest BCUT2D eigenvalue weighted by atomic mass is 10.0. The highest BCUT2D eigenvalue weighted by Crippen LogP contribution is 2.23. The van der Waals surface area contributed by atoms with Gasteiger partial charge in [-0.15, -0.1) is 0 Å². The zero-order valence-electron chi connectivity index (χ0n) is 22.9. The lowest BCUT2D eigenvalue weighted by Crippen LogP contribution is -2.53. The summed E-state index contributed by atoms with van der Waals surface area (Å²) in [5, 5.41) is 3.43. The smallest absolute Gasteiger partial charge is 0.244 e. The fourth-order valence-corrected chi connectivity index (χ4v) is 5.30. The molecule has 3 aromatic carbocycles. The summed E-state index contributed by atoms with van der Waals surface area (Å²) in [7, 11) is -3.81. The summed E-state index contributed by atoms with van der Waals surface area (Å²) in [5.41, 5.74) is 3.93. The Balaban J connectivity index is 2.05. The molecule has 0 spiro atoms. The number of carbonyl (C=O) groups is 2. The van der Waals surface area contributed by atoms with Crippen LogP contribution in [0, 0.1) is 13.8 Å². The predicted octanol–water partition coefficient (Wildman–Crippen LogP) is 4.89. The van der Waals surface area contributed by atoms with Gasteiger partial charge in [-0.1, -0.05) is 67.1 Å².